The maximum Gasteiger partial charge on any atom is 0.292 e. The number of nitrogens with one attached hydrogen (secondary N) is 2. The maximum atomic E-state index is 12.8. The van der Waals surface area contributed by atoms with Gasteiger partial charge in [0.15, 0.2) is 0 Å². The Morgan fingerprint density at radius 3 is 2.56 bits per heavy atom. The number of carbonyl (C=O) groups is 5. The summed E-state index contributed by atoms with van der Waals surface area (Å²) in [6, 6.07) is 5.86. The van der Waals surface area contributed by atoms with E-state index in [0.717, 1.165) is 16.0 Å². The molecule has 4 rings (SSSR count). The lowest BCUT2D eigenvalue weighted by molar-refractivity contribution is -0.136. The van der Waals surface area contributed by atoms with E-state index in [1.54, 1.807) is 29.6 Å². The summed E-state index contributed by atoms with van der Waals surface area (Å²) >= 11 is 1.31. The first-order chi connectivity index (χ1) is 16.1. The van der Waals surface area contributed by atoms with Crippen molar-refractivity contribution < 1.29 is 29.1 Å². The van der Waals surface area contributed by atoms with Crippen LogP contribution in [0.1, 0.15) is 63.4 Å². The summed E-state index contributed by atoms with van der Waals surface area (Å²) in [6.45, 7) is 4.00. The number of benzene rings is 1. The van der Waals surface area contributed by atoms with Crippen LogP contribution in [0.4, 0.5) is 0 Å². The third-order valence-corrected chi connectivity index (χ3v) is 7.36. The second-order valence-electron chi connectivity index (χ2n) is 9.08. The Morgan fingerprint density at radius 1 is 1.21 bits per heavy atom. The topological polar surface area (TPSA) is 133 Å². The number of thiophene rings is 1. The monoisotopic (exact) mass is 483 g/mol. The maximum absolute atomic E-state index is 12.8. The second kappa shape index (κ2) is 9.11. The third kappa shape index (κ3) is 4.38. The molecule has 3 heterocycles. The fourth-order valence-corrected chi connectivity index (χ4v) is 5.06. The smallest absolute Gasteiger partial charge is 0.292 e. The number of aliphatic hydroxyl groups excluding tert-OH is 1. The Kier molecular flexibility index (Phi) is 6.37. The van der Waals surface area contributed by atoms with E-state index in [1.807, 2.05) is 13.8 Å². The van der Waals surface area contributed by atoms with Gasteiger partial charge in [0, 0.05) is 34.2 Å². The lowest BCUT2D eigenvalue weighted by atomic mass is 9.85. The van der Waals surface area contributed by atoms with Gasteiger partial charge >= 0.3 is 0 Å². The van der Waals surface area contributed by atoms with Crippen molar-refractivity contribution in [2.45, 2.75) is 51.2 Å². The van der Waals surface area contributed by atoms with Gasteiger partial charge in [-0.2, -0.15) is 0 Å². The summed E-state index contributed by atoms with van der Waals surface area (Å²) in [6.07, 6.45) is 0.454. The molecular weight excluding hydrogens is 458 g/mol. The summed E-state index contributed by atoms with van der Waals surface area (Å²) in [4.78, 5) is 63.6. The van der Waals surface area contributed by atoms with Crippen LogP contribution in [0.2, 0.25) is 0 Å². The van der Waals surface area contributed by atoms with Gasteiger partial charge in [-0.25, -0.2) is 0 Å². The normalized spacial score (nSPS) is 18.0. The SMILES string of the molecule is CC(C)(CO)c1ccc(C(=O)C(=O)NCc2scc3c2CN([C@H]2CCC(=O)NC2=O)C3=O)cc1. The molecule has 34 heavy (non-hydrogen) atoms. The van der Waals surface area contributed by atoms with Gasteiger partial charge < -0.3 is 15.3 Å². The van der Waals surface area contributed by atoms with Gasteiger partial charge in [-0.3, -0.25) is 29.3 Å². The molecule has 1 atom stereocenters. The van der Waals surface area contributed by atoms with E-state index in [-0.39, 0.29) is 49.9 Å². The van der Waals surface area contributed by atoms with Crippen molar-refractivity contribution in [1.29, 1.82) is 0 Å². The Balaban J connectivity index is 1.39. The van der Waals surface area contributed by atoms with E-state index in [2.05, 4.69) is 10.6 Å². The zero-order valence-electron chi connectivity index (χ0n) is 18.8. The van der Waals surface area contributed by atoms with Crippen molar-refractivity contribution in [3.63, 3.8) is 0 Å². The number of piperidine rings is 1. The summed E-state index contributed by atoms with van der Waals surface area (Å²) < 4.78 is 0. The molecule has 2 aliphatic rings. The highest BCUT2D eigenvalue weighted by Crippen LogP contribution is 2.33. The van der Waals surface area contributed by atoms with E-state index < -0.39 is 29.1 Å². The van der Waals surface area contributed by atoms with Gasteiger partial charge in [-0.15, -0.1) is 11.3 Å². The summed E-state index contributed by atoms with van der Waals surface area (Å²) in [5.41, 5.74) is 1.84. The number of ketones is 1. The number of hydrogen-bond donors (Lipinski definition) is 3. The predicted octanol–water partition coefficient (Wildman–Crippen LogP) is 1.28. The molecular formula is C24H25N3O6S. The van der Waals surface area contributed by atoms with Crippen LogP contribution in [0, 0.1) is 0 Å². The van der Waals surface area contributed by atoms with Gasteiger partial charge in [-0.1, -0.05) is 38.1 Å². The standard InChI is InChI=1S/C24H25N3O6S/c1-24(2,12-28)14-5-3-13(4-6-14)20(30)22(32)25-9-18-15-10-27(23(33)16(15)11-34-18)17-7-8-19(29)26-21(17)31/h3-6,11,17,28H,7-10,12H2,1-2H3,(H,25,32)(H,26,29,31)/t17-/m0/s1. The molecule has 2 aliphatic heterocycles. The molecule has 0 radical (unpaired) electrons. The number of amides is 4. The first-order valence-electron chi connectivity index (χ1n) is 10.9. The molecule has 0 saturated carbocycles. The molecule has 1 aromatic carbocycles. The van der Waals surface area contributed by atoms with Crippen molar-refractivity contribution >= 4 is 40.7 Å². The largest absolute Gasteiger partial charge is 0.395 e. The first kappa shape index (κ1) is 23.8. The highest BCUT2D eigenvalue weighted by Gasteiger charge is 2.40. The van der Waals surface area contributed by atoms with Crippen LogP contribution in [0.5, 0.6) is 0 Å². The van der Waals surface area contributed by atoms with E-state index in [1.165, 1.54) is 16.2 Å². The van der Waals surface area contributed by atoms with Gasteiger partial charge in [0.1, 0.15) is 6.04 Å². The number of Topliss-reactive ketones (excluding diaryl/α,β-unsaturated/α-hetero) is 1. The van der Waals surface area contributed by atoms with Crippen molar-refractivity contribution in [3.8, 4) is 0 Å². The van der Waals surface area contributed by atoms with Crippen molar-refractivity contribution in [1.82, 2.24) is 15.5 Å². The van der Waals surface area contributed by atoms with Crippen LogP contribution in [-0.4, -0.2) is 52.1 Å². The molecule has 0 unspecified atom stereocenters. The highest BCUT2D eigenvalue weighted by atomic mass is 32.1. The first-order valence-corrected chi connectivity index (χ1v) is 11.8. The minimum absolute atomic E-state index is 0.0462. The molecule has 0 aliphatic carbocycles. The Morgan fingerprint density at radius 2 is 1.91 bits per heavy atom. The van der Waals surface area contributed by atoms with Crippen molar-refractivity contribution in [2.24, 2.45) is 0 Å². The summed E-state index contributed by atoms with van der Waals surface area (Å²) in [5.74, 6) is -2.54. The number of nitrogens with zero attached hydrogens (tertiary/aromatic N) is 1. The second-order valence-corrected chi connectivity index (χ2v) is 10.0. The van der Waals surface area contributed by atoms with Crippen LogP contribution in [-0.2, 0) is 32.9 Å². The predicted molar refractivity (Wildman–Crippen MR) is 123 cm³/mol. The zero-order chi connectivity index (χ0) is 24.6. The average molecular weight is 484 g/mol. The lowest BCUT2D eigenvalue weighted by Crippen LogP contribution is -2.52. The van der Waals surface area contributed by atoms with Crippen LogP contribution >= 0.6 is 11.3 Å². The number of aliphatic hydroxyl groups is 1. The third-order valence-electron chi connectivity index (χ3n) is 6.33. The number of fused-ring (bicyclic) bond motifs is 1. The van der Waals surface area contributed by atoms with E-state index in [0.29, 0.717) is 5.56 Å². The van der Waals surface area contributed by atoms with Crippen LogP contribution < -0.4 is 10.6 Å². The fourth-order valence-electron chi connectivity index (χ4n) is 4.09. The minimum Gasteiger partial charge on any atom is -0.395 e. The van der Waals surface area contributed by atoms with E-state index in [4.69, 9.17) is 0 Å². The highest BCUT2D eigenvalue weighted by molar-refractivity contribution is 7.10. The molecule has 9 nitrogen and oxygen atoms in total. The van der Waals surface area contributed by atoms with E-state index in [9.17, 15) is 29.1 Å². The van der Waals surface area contributed by atoms with Crippen LogP contribution in [0.25, 0.3) is 0 Å². The Labute approximate surface area is 200 Å². The van der Waals surface area contributed by atoms with Crippen LogP contribution in [0.15, 0.2) is 29.6 Å². The fraction of sp³-hybridized carbons (Fsp3) is 0.375. The molecule has 4 amide bonds. The summed E-state index contributed by atoms with van der Waals surface area (Å²) in [7, 11) is 0. The van der Waals surface area contributed by atoms with Gasteiger partial charge in [0.2, 0.25) is 17.6 Å². The van der Waals surface area contributed by atoms with Gasteiger partial charge in [0.05, 0.1) is 18.7 Å². The molecule has 2 aromatic rings. The molecule has 1 saturated heterocycles. The summed E-state index contributed by atoms with van der Waals surface area (Å²) in [5, 5.41) is 16.1. The lowest BCUT2D eigenvalue weighted by Gasteiger charge is -2.29. The average Bonchev–Trinajstić information content (AvgIpc) is 3.37. The van der Waals surface area contributed by atoms with Crippen LogP contribution in [0.3, 0.4) is 0 Å². The minimum atomic E-state index is -0.761. The molecule has 178 valence electrons. The van der Waals surface area contributed by atoms with Crippen molar-refractivity contribution in [2.75, 3.05) is 6.61 Å². The zero-order valence-corrected chi connectivity index (χ0v) is 19.7. The number of rotatable bonds is 7. The molecule has 1 aromatic heterocycles. The van der Waals surface area contributed by atoms with Gasteiger partial charge in [-0.05, 0) is 17.5 Å². The van der Waals surface area contributed by atoms with E-state index >= 15 is 0 Å². The van der Waals surface area contributed by atoms with Crippen molar-refractivity contribution in [3.05, 3.63) is 56.8 Å². The number of imide groups is 1. The molecule has 0 bridgehead atoms. The number of hydrogen-bond acceptors (Lipinski definition) is 7. The molecule has 1 fully saturated rings. The Bertz CT molecular complexity index is 1180. The molecule has 0 spiro atoms. The molecule has 3 N–H and O–H groups in total. The molecule has 10 heteroatoms. The van der Waals surface area contributed by atoms with Gasteiger partial charge in [0.25, 0.3) is 11.8 Å². The Hall–Kier alpha value is -3.37. The number of carbonyl (C=O) groups excluding carboxylic acids is 5. The quantitative estimate of drug-likeness (QED) is 0.309.